The Morgan fingerprint density at radius 3 is 3.00 bits per heavy atom. The average molecular weight is 312 g/mol. The van der Waals surface area contributed by atoms with E-state index >= 15 is 0 Å². The fourth-order valence-electron chi connectivity index (χ4n) is 1.37. The van der Waals surface area contributed by atoms with Crippen LogP contribution in [0.3, 0.4) is 0 Å². The van der Waals surface area contributed by atoms with E-state index in [1.54, 1.807) is 12.1 Å². The number of thiophene rings is 2. The molecule has 0 radical (unpaired) electrons. The van der Waals surface area contributed by atoms with Gasteiger partial charge in [0.15, 0.2) is 0 Å². The third-order valence-corrected chi connectivity index (χ3v) is 4.35. The van der Waals surface area contributed by atoms with Crippen molar-refractivity contribution in [1.29, 1.82) is 0 Å². The van der Waals surface area contributed by atoms with Crippen molar-refractivity contribution in [3.8, 4) is 11.8 Å². The van der Waals surface area contributed by atoms with Crippen molar-refractivity contribution in [2.45, 2.75) is 6.54 Å². The zero-order valence-corrected chi connectivity index (χ0v) is 12.2. The number of hydrogen-bond donors (Lipinski definition) is 2. The van der Waals surface area contributed by atoms with Gasteiger partial charge in [-0.3, -0.25) is 4.79 Å². The summed E-state index contributed by atoms with van der Waals surface area (Å²) in [6.45, 7) is 0.306. The first kappa shape index (κ1) is 14.1. The number of carbonyl (C=O) groups is 1. The molecule has 2 rings (SSSR count). The van der Waals surface area contributed by atoms with Gasteiger partial charge in [0.2, 0.25) is 0 Å². The van der Waals surface area contributed by atoms with E-state index in [4.69, 9.17) is 16.7 Å². The summed E-state index contributed by atoms with van der Waals surface area (Å²) in [6.07, 6.45) is 0. The lowest BCUT2D eigenvalue weighted by Gasteiger charge is -2.00. The molecule has 2 aromatic heterocycles. The maximum Gasteiger partial charge on any atom is 0.261 e. The fraction of sp³-hybridized carbons (Fsp3) is 0.154. The molecule has 2 aromatic rings. The molecule has 98 valence electrons. The number of carbonyl (C=O) groups excluding carboxylic acids is 1. The first-order valence-corrected chi connectivity index (χ1v) is 7.47. The topological polar surface area (TPSA) is 49.3 Å². The summed E-state index contributed by atoms with van der Waals surface area (Å²) >= 11 is 8.55. The van der Waals surface area contributed by atoms with Crippen molar-refractivity contribution in [2.24, 2.45) is 0 Å². The zero-order valence-electron chi connectivity index (χ0n) is 9.77. The molecule has 0 aliphatic heterocycles. The lowest BCUT2D eigenvalue weighted by Crippen LogP contribution is -2.21. The van der Waals surface area contributed by atoms with Crippen LogP contribution in [0.5, 0.6) is 0 Å². The van der Waals surface area contributed by atoms with Gasteiger partial charge in [0.05, 0.1) is 15.8 Å². The molecule has 6 heteroatoms. The van der Waals surface area contributed by atoms with Gasteiger partial charge in [-0.1, -0.05) is 23.4 Å². The summed E-state index contributed by atoms with van der Waals surface area (Å²) in [7, 11) is 0. The number of aliphatic hydroxyl groups excluding tert-OH is 1. The van der Waals surface area contributed by atoms with Gasteiger partial charge in [-0.2, -0.15) is 0 Å². The minimum atomic E-state index is -0.152. The van der Waals surface area contributed by atoms with E-state index in [9.17, 15) is 4.79 Å². The molecule has 0 unspecified atom stereocenters. The summed E-state index contributed by atoms with van der Waals surface area (Å²) in [4.78, 5) is 13.4. The summed E-state index contributed by atoms with van der Waals surface area (Å²) in [5.41, 5.74) is 0.850. The van der Waals surface area contributed by atoms with Gasteiger partial charge in [0.25, 0.3) is 5.91 Å². The second kappa shape index (κ2) is 6.73. The van der Waals surface area contributed by atoms with Crippen molar-refractivity contribution in [3.63, 3.8) is 0 Å². The summed E-state index contributed by atoms with van der Waals surface area (Å²) in [5, 5.41) is 13.3. The molecule has 0 aliphatic rings. The molecule has 0 atom stereocenters. The number of hydrogen-bond acceptors (Lipinski definition) is 4. The Hall–Kier alpha value is -1.32. The van der Waals surface area contributed by atoms with E-state index < -0.39 is 0 Å². The predicted molar refractivity (Wildman–Crippen MR) is 78.8 cm³/mol. The lowest BCUT2D eigenvalue weighted by atomic mass is 10.3. The van der Waals surface area contributed by atoms with Gasteiger partial charge in [-0.05, 0) is 18.2 Å². The van der Waals surface area contributed by atoms with Crippen LogP contribution in [0.25, 0.3) is 0 Å². The Morgan fingerprint density at radius 2 is 2.32 bits per heavy atom. The van der Waals surface area contributed by atoms with Crippen LogP contribution in [-0.4, -0.2) is 17.6 Å². The minimum Gasteiger partial charge on any atom is -0.384 e. The highest BCUT2D eigenvalue weighted by atomic mass is 35.5. The summed E-state index contributed by atoms with van der Waals surface area (Å²) < 4.78 is 0.600. The standard InChI is InChI=1S/C13H10ClNO2S2/c14-12-4-3-11(19-12)13(17)15-7-10-6-9(8-18-10)2-1-5-16/h3-4,6,8,16H,5,7H2,(H,15,17). The molecule has 0 saturated heterocycles. The molecular formula is C13H10ClNO2S2. The second-order valence-electron chi connectivity index (χ2n) is 3.55. The molecule has 2 N–H and O–H groups in total. The summed E-state index contributed by atoms with van der Waals surface area (Å²) in [5.74, 6) is 5.27. The Labute approximate surface area is 123 Å². The fourth-order valence-corrected chi connectivity index (χ4v) is 3.09. The normalized spacial score (nSPS) is 9.79. The Balaban J connectivity index is 1.92. The highest BCUT2D eigenvalue weighted by molar-refractivity contribution is 7.18. The van der Waals surface area contributed by atoms with Crippen LogP contribution in [0.2, 0.25) is 4.34 Å². The van der Waals surface area contributed by atoms with E-state index in [2.05, 4.69) is 17.2 Å². The van der Waals surface area contributed by atoms with Gasteiger partial charge in [0, 0.05) is 15.8 Å². The minimum absolute atomic E-state index is 0.131. The Bertz CT molecular complexity index is 636. The molecule has 1 amide bonds. The van der Waals surface area contributed by atoms with Crippen molar-refractivity contribution in [1.82, 2.24) is 5.32 Å². The summed E-state index contributed by atoms with van der Waals surface area (Å²) in [6, 6.07) is 5.30. The molecule has 0 aromatic carbocycles. The molecule has 3 nitrogen and oxygen atoms in total. The molecule has 0 saturated carbocycles. The van der Waals surface area contributed by atoms with Crippen LogP contribution >= 0.6 is 34.3 Å². The van der Waals surface area contributed by atoms with Gasteiger partial charge in [0.1, 0.15) is 6.61 Å². The molecule has 2 heterocycles. The van der Waals surface area contributed by atoms with Gasteiger partial charge in [-0.15, -0.1) is 22.7 Å². The number of aliphatic hydroxyl groups is 1. The van der Waals surface area contributed by atoms with Crippen molar-refractivity contribution in [3.05, 3.63) is 43.2 Å². The van der Waals surface area contributed by atoms with Crippen molar-refractivity contribution < 1.29 is 9.90 Å². The van der Waals surface area contributed by atoms with Gasteiger partial charge >= 0.3 is 0 Å². The smallest absolute Gasteiger partial charge is 0.261 e. The highest BCUT2D eigenvalue weighted by Crippen LogP contribution is 2.21. The third kappa shape index (κ3) is 4.08. The maximum atomic E-state index is 11.8. The molecule has 0 spiro atoms. The van der Waals surface area contributed by atoms with Crippen LogP contribution in [0, 0.1) is 11.8 Å². The van der Waals surface area contributed by atoms with Crippen molar-refractivity contribution >= 4 is 40.2 Å². The van der Waals surface area contributed by atoms with Gasteiger partial charge < -0.3 is 10.4 Å². The number of rotatable bonds is 3. The molecular weight excluding hydrogens is 302 g/mol. The van der Waals surface area contributed by atoms with E-state index in [0.717, 1.165) is 10.4 Å². The van der Waals surface area contributed by atoms with Crippen molar-refractivity contribution in [2.75, 3.05) is 6.61 Å². The maximum absolute atomic E-state index is 11.8. The first-order chi connectivity index (χ1) is 9.19. The highest BCUT2D eigenvalue weighted by Gasteiger charge is 2.08. The van der Waals surface area contributed by atoms with E-state index in [0.29, 0.717) is 15.8 Å². The molecule has 0 fully saturated rings. The zero-order chi connectivity index (χ0) is 13.7. The van der Waals surface area contributed by atoms with Crippen LogP contribution in [0.4, 0.5) is 0 Å². The van der Waals surface area contributed by atoms with Crippen LogP contribution in [0.15, 0.2) is 23.6 Å². The monoisotopic (exact) mass is 311 g/mol. The van der Waals surface area contributed by atoms with Crippen LogP contribution in [-0.2, 0) is 6.54 Å². The number of halogens is 1. The first-order valence-electron chi connectivity index (χ1n) is 5.39. The largest absolute Gasteiger partial charge is 0.384 e. The van der Waals surface area contributed by atoms with Crippen LogP contribution < -0.4 is 5.32 Å². The Morgan fingerprint density at radius 1 is 1.47 bits per heavy atom. The number of amides is 1. The SMILES string of the molecule is O=C(NCc1cc(C#CCO)cs1)c1ccc(Cl)s1. The van der Waals surface area contributed by atoms with E-state index in [1.807, 2.05) is 11.4 Å². The van der Waals surface area contributed by atoms with Gasteiger partial charge in [-0.25, -0.2) is 0 Å². The predicted octanol–water partition coefficient (Wildman–Crippen LogP) is 2.74. The average Bonchev–Trinajstić information content (AvgIpc) is 3.02. The van der Waals surface area contributed by atoms with E-state index in [-0.39, 0.29) is 12.5 Å². The molecule has 0 bridgehead atoms. The number of nitrogens with one attached hydrogen (secondary N) is 1. The lowest BCUT2D eigenvalue weighted by molar-refractivity contribution is 0.0955. The second-order valence-corrected chi connectivity index (χ2v) is 6.26. The third-order valence-electron chi connectivity index (χ3n) is 2.19. The van der Waals surface area contributed by atoms with Crippen LogP contribution in [0.1, 0.15) is 20.1 Å². The Kier molecular flexibility index (Phi) is 5.00. The molecule has 0 aliphatic carbocycles. The molecule has 19 heavy (non-hydrogen) atoms. The van der Waals surface area contributed by atoms with E-state index in [1.165, 1.54) is 22.7 Å². The quantitative estimate of drug-likeness (QED) is 0.856.